The predicted molar refractivity (Wildman–Crippen MR) is 82.4 cm³/mol. The van der Waals surface area contributed by atoms with Gasteiger partial charge in [0.15, 0.2) is 0 Å². The second kappa shape index (κ2) is 7.50. The largest absolute Gasteiger partial charge is 0.374 e. The minimum absolute atomic E-state index is 0.0852. The highest BCUT2D eigenvalue weighted by Gasteiger charge is 2.33. The average Bonchev–Trinajstić information content (AvgIpc) is 2.41. The van der Waals surface area contributed by atoms with Gasteiger partial charge >= 0.3 is 0 Å². The fourth-order valence-corrected chi connectivity index (χ4v) is 3.42. The maximum atomic E-state index is 13.3. The van der Waals surface area contributed by atoms with Gasteiger partial charge in [0.05, 0.1) is 18.8 Å². The fourth-order valence-electron chi connectivity index (χ4n) is 2.83. The van der Waals surface area contributed by atoms with E-state index >= 15 is 0 Å². The van der Waals surface area contributed by atoms with Crippen LogP contribution < -0.4 is 5.32 Å². The van der Waals surface area contributed by atoms with E-state index in [1.54, 1.807) is 0 Å². The molecule has 0 aliphatic carbocycles. The number of nitrogens with zero attached hydrogens (tertiary/aromatic N) is 1. The Hall–Kier alpha value is -0.490. The first-order valence-corrected chi connectivity index (χ1v) is 7.91. The molecule has 1 fully saturated rings. The zero-order chi connectivity index (χ0) is 14.5. The van der Waals surface area contributed by atoms with Crippen molar-refractivity contribution in [3.63, 3.8) is 0 Å². The number of nitrogens with one attached hydrogen (secondary N) is 1. The molecule has 5 heteroatoms. The first-order valence-electron chi connectivity index (χ1n) is 7.12. The standard InChI is InChI=1S/C15H22BrFN2O/c1-3-6-19-7-8-20-14(10-18-2)15(19)12-5-4-11(17)9-13(12)16/h4-5,9,14-15,18H,3,6-8,10H2,1-2H3. The summed E-state index contributed by atoms with van der Waals surface area (Å²) in [6.45, 7) is 5.66. The van der Waals surface area contributed by atoms with E-state index in [1.165, 1.54) is 12.1 Å². The molecular weight excluding hydrogens is 323 g/mol. The molecule has 1 aliphatic heterocycles. The van der Waals surface area contributed by atoms with Gasteiger partial charge in [-0.15, -0.1) is 0 Å². The average molecular weight is 345 g/mol. The molecule has 1 aromatic rings. The number of rotatable bonds is 5. The molecule has 0 radical (unpaired) electrons. The van der Waals surface area contributed by atoms with Gasteiger partial charge in [-0.1, -0.05) is 28.9 Å². The fraction of sp³-hybridized carbons (Fsp3) is 0.600. The van der Waals surface area contributed by atoms with Gasteiger partial charge in [0.2, 0.25) is 0 Å². The van der Waals surface area contributed by atoms with E-state index in [-0.39, 0.29) is 18.0 Å². The third kappa shape index (κ3) is 3.58. The van der Waals surface area contributed by atoms with Gasteiger partial charge in [0, 0.05) is 17.6 Å². The third-order valence-electron chi connectivity index (χ3n) is 3.65. The van der Waals surface area contributed by atoms with Gasteiger partial charge in [-0.05, 0) is 37.7 Å². The normalized spacial score (nSPS) is 24.0. The van der Waals surface area contributed by atoms with Crippen LogP contribution in [-0.4, -0.2) is 44.3 Å². The van der Waals surface area contributed by atoms with E-state index in [2.05, 4.69) is 33.1 Å². The van der Waals surface area contributed by atoms with Gasteiger partial charge in [0.1, 0.15) is 5.82 Å². The molecule has 2 rings (SSSR count). The lowest BCUT2D eigenvalue weighted by atomic mass is 9.97. The molecule has 1 heterocycles. The molecule has 1 saturated heterocycles. The minimum atomic E-state index is -0.218. The van der Waals surface area contributed by atoms with Crippen LogP contribution in [0.15, 0.2) is 22.7 Å². The van der Waals surface area contributed by atoms with Crippen LogP contribution in [0.1, 0.15) is 24.9 Å². The highest BCUT2D eigenvalue weighted by atomic mass is 79.9. The van der Waals surface area contributed by atoms with Crippen molar-refractivity contribution in [3.05, 3.63) is 34.1 Å². The predicted octanol–water partition coefficient (Wildman–Crippen LogP) is 2.96. The van der Waals surface area contributed by atoms with Crippen LogP contribution in [0.5, 0.6) is 0 Å². The Labute approximate surface area is 128 Å². The van der Waals surface area contributed by atoms with Crippen molar-refractivity contribution in [2.45, 2.75) is 25.5 Å². The van der Waals surface area contributed by atoms with Crippen molar-refractivity contribution in [2.75, 3.05) is 33.3 Å². The Morgan fingerprint density at radius 3 is 2.95 bits per heavy atom. The van der Waals surface area contributed by atoms with Crippen LogP contribution in [0.2, 0.25) is 0 Å². The summed E-state index contributed by atoms with van der Waals surface area (Å²) in [4.78, 5) is 2.43. The van der Waals surface area contributed by atoms with E-state index in [0.717, 1.165) is 42.7 Å². The van der Waals surface area contributed by atoms with Crippen molar-refractivity contribution in [1.82, 2.24) is 10.2 Å². The third-order valence-corrected chi connectivity index (χ3v) is 4.34. The van der Waals surface area contributed by atoms with Crippen molar-refractivity contribution in [1.29, 1.82) is 0 Å². The summed E-state index contributed by atoms with van der Waals surface area (Å²) in [5, 5.41) is 3.19. The Bertz CT molecular complexity index is 426. The second-order valence-corrected chi connectivity index (χ2v) is 5.97. The monoisotopic (exact) mass is 344 g/mol. The molecule has 1 N–H and O–H groups in total. The highest BCUT2D eigenvalue weighted by Crippen LogP contribution is 2.34. The van der Waals surface area contributed by atoms with E-state index in [0.29, 0.717) is 0 Å². The molecule has 0 aromatic heterocycles. The van der Waals surface area contributed by atoms with E-state index in [9.17, 15) is 4.39 Å². The number of likely N-dealkylation sites (N-methyl/N-ethyl adjacent to an activating group) is 1. The number of morpholine rings is 1. The molecule has 1 aromatic carbocycles. The van der Waals surface area contributed by atoms with Crippen molar-refractivity contribution < 1.29 is 9.13 Å². The van der Waals surface area contributed by atoms with Crippen LogP contribution in [-0.2, 0) is 4.74 Å². The molecule has 0 amide bonds. The molecule has 2 unspecified atom stereocenters. The summed E-state index contributed by atoms with van der Waals surface area (Å²) in [6.07, 6.45) is 1.18. The maximum absolute atomic E-state index is 13.3. The molecule has 0 spiro atoms. The number of benzene rings is 1. The molecular formula is C15H22BrFN2O. The summed E-state index contributed by atoms with van der Waals surface area (Å²) >= 11 is 3.50. The number of halogens is 2. The maximum Gasteiger partial charge on any atom is 0.124 e. The number of hydrogen-bond acceptors (Lipinski definition) is 3. The summed E-state index contributed by atoms with van der Waals surface area (Å²) in [5.41, 5.74) is 1.10. The van der Waals surface area contributed by atoms with E-state index < -0.39 is 0 Å². The first-order chi connectivity index (χ1) is 9.67. The van der Waals surface area contributed by atoms with Gasteiger partial charge < -0.3 is 10.1 Å². The van der Waals surface area contributed by atoms with Crippen LogP contribution in [0.4, 0.5) is 4.39 Å². The Morgan fingerprint density at radius 2 is 2.30 bits per heavy atom. The summed E-state index contributed by atoms with van der Waals surface area (Å²) < 4.78 is 20.1. The summed E-state index contributed by atoms with van der Waals surface area (Å²) in [6, 6.07) is 5.08. The van der Waals surface area contributed by atoms with Crippen LogP contribution in [0, 0.1) is 5.82 Å². The summed E-state index contributed by atoms with van der Waals surface area (Å²) in [5.74, 6) is -0.218. The van der Waals surface area contributed by atoms with E-state index in [4.69, 9.17) is 4.74 Å². The highest BCUT2D eigenvalue weighted by molar-refractivity contribution is 9.10. The lowest BCUT2D eigenvalue weighted by molar-refractivity contribution is -0.0706. The SMILES string of the molecule is CCCN1CCOC(CNC)C1c1ccc(F)cc1Br. The smallest absolute Gasteiger partial charge is 0.124 e. The van der Waals surface area contributed by atoms with Gasteiger partial charge in [0.25, 0.3) is 0 Å². The van der Waals surface area contributed by atoms with Crippen LogP contribution in [0.3, 0.4) is 0 Å². The van der Waals surface area contributed by atoms with Crippen LogP contribution in [0.25, 0.3) is 0 Å². The van der Waals surface area contributed by atoms with Gasteiger partial charge in [-0.2, -0.15) is 0 Å². The molecule has 112 valence electrons. The van der Waals surface area contributed by atoms with Crippen LogP contribution >= 0.6 is 15.9 Å². The second-order valence-electron chi connectivity index (χ2n) is 5.11. The number of ether oxygens (including phenoxy) is 1. The Kier molecular flexibility index (Phi) is 5.96. The van der Waals surface area contributed by atoms with Gasteiger partial charge in [-0.3, -0.25) is 4.90 Å². The lowest BCUT2D eigenvalue weighted by Crippen LogP contribution is -2.49. The minimum Gasteiger partial charge on any atom is -0.374 e. The lowest BCUT2D eigenvalue weighted by Gasteiger charge is -2.42. The molecule has 0 bridgehead atoms. The van der Waals surface area contributed by atoms with Crippen molar-refractivity contribution >= 4 is 15.9 Å². The molecule has 3 nitrogen and oxygen atoms in total. The Balaban J connectivity index is 2.32. The quantitative estimate of drug-likeness (QED) is 0.888. The van der Waals surface area contributed by atoms with Crippen molar-refractivity contribution in [3.8, 4) is 0 Å². The van der Waals surface area contributed by atoms with E-state index in [1.807, 2.05) is 13.1 Å². The zero-order valence-electron chi connectivity index (χ0n) is 12.0. The summed E-state index contributed by atoms with van der Waals surface area (Å²) in [7, 11) is 1.93. The molecule has 20 heavy (non-hydrogen) atoms. The van der Waals surface area contributed by atoms with Gasteiger partial charge in [-0.25, -0.2) is 4.39 Å². The number of hydrogen-bond donors (Lipinski definition) is 1. The first kappa shape index (κ1) is 15.9. The van der Waals surface area contributed by atoms with Crippen molar-refractivity contribution in [2.24, 2.45) is 0 Å². The zero-order valence-corrected chi connectivity index (χ0v) is 13.6. The molecule has 1 aliphatic rings. The Morgan fingerprint density at radius 1 is 1.50 bits per heavy atom. The molecule has 0 saturated carbocycles. The molecule has 2 atom stereocenters. The topological polar surface area (TPSA) is 24.5 Å².